The molecule has 1 aliphatic heterocycles. The SMILES string of the molecule is C[C@@H](O)[C@]1(C)OC1(C)C. The highest BCUT2D eigenvalue weighted by Crippen LogP contribution is 2.49. The minimum Gasteiger partial charge on any atom is -0.390 e. The summed E-state index contributed by atoms with van der Waals surface area (Å²) in [5, 5.41) is 9.16. The standard InChI is InChI=1S/C7H14O2/c1-5(8)7(4)6(2,3)9-7/h5,8H,1-4H3/t5-,7+/m1/s1. The van der Waals surface area contributed by atoms with E-state index in [0.29, 0.717) is 0 Å². The van der Waals surface area contributed by atoms with Crippen LogP contribution < -0.4 is 0 Å². The molecule has 9 heavy (non-hydrogen) atoms. The number of aliphatic hydroxyl groups excluding tert-OH is 1. The minimum absolute atomic E-state index is 0.124. The molecule has 0 bridgehead atoms. The van der Waals surface area contributed by atoms with Crippen LogP contribution in [0, 0.1) is 0 Å². The van der Waals surface area contributed by atoms with Gasteiger partial charge in [0.25, 0.3) is 0 Å². The Bertz CT molecular complexity index is 129. The summed E-state index contributed by atoms with van der Waals surface area (Å²) in [6.07, 6.45) is -0.368. The molecule has 54 valence electrons. The zero-order chi connectivity index (χ0) is 7.28. The maximum atomic E-state index is 9.16. The number of epoxide rings is 1. The van der Waals surface area contributed by atoms with Gasteiger partial charge in [-0.15, -0.1) is 0 Å². The number of hydrogen-bond acceptors (Lipinski definition) is 2. The smallest absolute Gasteiger partial charge is 0.120 e. The highest BCUT2D eigenvalue weighted by molar-refractivity contribution is 5.10. The fourth-order valence-electron chi connectivity index (χ4n) is 1.09. The highest BCUT2D eigenvalue weighted by Gasteiger charge is 2.62. The third-order valence-electron chi connectivity index (χ3n) is 2.42. The van der Waals surface area contributed by atoms with Crippen LogP contribution in [0.25, 0.3) is 0 Å². The van der Waals surface area contributed by atoms with Crippen LogP contribution in [0.15, 0.2) is 0 Å². The Hall–Kier alpha value is -0.0800. The predicted molar refractivity (Wildman–Crippen MR) is 35.2 cm³/mol. The summed E-state index contributed by atoms with van der Waals surface area (Å²) >= 11 is 0. The molecule has 1 saturated heterocycles. The van der Waals surface area contributed by atoms with Gasteiger partial charge in [0.2, 0.25) is 0 Å². The second-order valence-electron chi connectivity index (χ2n) is 3.40. The summed E-state index contributed by atoms with van der Waals surface area (Å²) in [5.74, 6) is 0. The van der Waals surface area contributed by atoms with E-state index in [1.165, 1.54) is 0 Å². The Morgan fingerprint density at radius 1 is 1.33 bits per heavy atom. The van der Waals surface area contributed by atoms with Crippen molar-refractivity contribution in [3.8, 4) is 0 Å². The number of ether oxygens (including phenoxy) is 1. The molecular formula is C7H14O2. The number of rotatable bonds is 1. The van der Waals surface area contributed by atoms with Crippen molar-refractivity contribution < 1.29 is 9.84 Å². The van der Waals surface area contributed by atoms with E-state index in [0.717, 1.165) is 0 Å². The van der Waals surface area contributed by atoms with Crippen LogP contribution in [-0.4, -0.2) is 22.4 Å². The van der Waals surface area contributed by atoms with Crippen molar-refractivity contribution in [3.05, 3.63) is 0 Å². The molecule has 1 fully saturated rings. The fourth-order valence-corrected chi connectivity index (χ4v) is 1.09. The van der Waals surface area contributed by atoms with Gasteiger partial charge >= 0.3 is 0 Å². The van der Waals surface area contributed by atoms with Gasteiger partial charge in [-0.1, -0.05) is 0 Å². The lowest BCUT2D eigenvalue weighted by Crippen LogP contribution is -2.29. The second-order valence-corrected chi connectivity index (χ2v) is 3.40. The molecule has 2 nitrogen and oxygen atoms in total. The molecule has 1 N–H and O–H groups in total. The molecule has 2 heteroatoms. The van der Waals surface area contributed by atoms with Crippen molar-refractivity contribution in [2.75, 3.05) is 0 Å². The Labute approximate surface area is 55.8 Å². The lowest BCUT2D eigenvalue weighted by Gasteiger charge is -2.10. The predicted octanol–water partition coefficient (Wildman–Crippen LogP) is 0.935. The summed E-state index contributed by atoms with van der Waals surface area (Å²) in [6, 6.07) is 0. The Morgan fingerprint density at radius 2 is 1.67 bits per heavy atom. The van der Waals surface area contributed by atoms with Crippen molar-refractivity contribution >= 4 is 0 Å². The lowest BCUT2D eigenvalue weighted by molar-refractivity contribution is 0.100. The van der Waals surface area contributed by atoms with E-state index < -0.39 is 0 Å². The monoisotopic (exact) mass is 130 g/mol. The minimum atomic E-state index is -0.368. The maximum absolute atomic E-state index is 9.16. The van der Waals surface area contributed by atoms with Gasteiger partial charge in [-0.2, -0.15) is 0 Å². The van der Waals surface area contributed by atoms with Gasteiger partial charge in [-0.25, -0.2) is 0 Å². The first-order valence-electron chi connectivity index (χ1n) is 3.28. The van der Waals surface area contributed by atoms with Gasteiger partial charge in [-0.05, 0) is 27.7 Å². The molecule has 0 aromatic heterocycles. The summed E-state index contributed by atoms with van der Waals surface area (Å²) in [7, 11) is 0. The second kappa shape index (κ2) is 1.50. The lowest BCUT2D eigenvalue weighted by atomic mass is 9.93. The van der Waals surface area contributed by atoms with E-state index in [-0.39, 0.29) is 17.3 Å². The average molecular weight is 130 g/mol. The van der Waals surface area contributed by atoms with Crippen LogP contribution in [0.1, 0.15) is 27.7 Å². The van der Waals surface area contributed by atoms with E-state index in [4.69, 9.17) is 9.84 Å². The van der Waals surface area contributed by atoms with Crippen LogP contribution in [0.3, 0.4) is 0 Å². The summed E-state index contributed by atoms with van der Waals surface area (Å²) in [4.78, 5) is 0. The Morgan fingerprint density at radius 3 is 1.67 bits per heavy atom. The summed E-state index contributed by atoms with van der Waals surface area (Å²) in [5.41, 5.74) is -0.422. The molecule has 0 unspecified atom stereocenters. The first-order chi connectivity index (χ1) is 3.90. The molecule has 0 spiro atoms. The first-order valence-corrected chi connectivity index (χ1v) is 3.28. The van der Waals surface area contributed by atoms with Gasteiger partial charge in [-0.3, -0.25) is 0 Å². The van der Waals surface area contributed by atoms with Crippen LogP contribution >= 0.6 is 0 Å². The van der Waals surface area contributed by atoms with Crippen molar-refractivity contribution in [1.29, 1.82) is 0 Å². The van der Waals surface area contributed by atoms with E-state index in [2.05, 4.69) is 0 Å². The molecule has 0 aromatic rings. The topological polar surface area (TPSA) is 32.8 Å². The molecule has 2 atom stereocenters. The quantitative estimate of drug-likeness (QED) is 0.536. The van der Waals surface area contributed by atoms with E-state index >= 15 is 0 Å². The molecule has 0 aromatic carbocycles. The first kappa shape index (κ1) is 7.03. The zero-order valence-electron chi connectivity index (χ0n) is 6.43. The normalized spacial score (nSPS) is 42.3. The largest absolute Gasteiger partial charge is 0.390 e. The molecular weight excluding hydrogens is 116 g/mol. The van der Waals surface area contributed by atoms with Crippen molar-refractivity contribution in [3.63, 3.8) is 0 Å². The average Bonchev–Trinajstić information content (AvgIpc) is 2.08. The molecule has 0 radical (unpaired) electrons. The van der Waals surface area contributed by atoms with Crippen LogP contribution in [-0.2, 0) is 4.74 Å². The third-order valence-corrected chi connectivity index (χ3v) is 2.42. The molecule has 0 aliphatic carbocycles. The molecule has 1 aliphatic rings. The van der Waals surface area contributed by atoms with Gasteiger partial charge in [0.1, 0.15) is 5.60 Å². The van der Waals surface area contributed by atoms with E-state index in [1.54, 1.807) is 6.92 Å². The van der Waals surface area contributed by atoms with Gasteiger partial charge in [0.05, 0.1) is 11.7 Å². The van der Waals surface area contributed by atoms with Gasteiger partial charge in [0, 0.05) is 0 Å². The van der Waals surface area contributed by atoms with E-state index in [9.17, 15) is 0 Å². The molecule has 0 saturated carbocycles. The summed E-state index contributed by atoms with van der Waals surface area (Å²) < 4.78 is 5.30. The number of aliphatic hydroxyl groups is 1. The van der Waals surface area contributed by atoms with Crippen molar-refractivity contribution in [1.82, 2.24) is 0 Å². The van der Waals surface area contributed by atoms with Crippen molar-refractivity contribution in [2.45, 2.75) is 45.0 Å². The Balaban J connectivity index is 2.63. The van der Waals surface area contributed by atoms with Crippen LogP contribution in [0.5, 0.6) is 0 Å². The van der Waals surface area contributed by atoms with Gasteiger partial charge in [0.15, 0.2) is 0 Å². The molecule has 1 heterocycles. The fraction of sp³-hybridized carbons (Fsp3) is 1.00. The maximum Gasteiger partial charge on any atom is 0.120 e. The zero-order valence-corrected chi connectivity index (χ0v) is 6.43. The highest BCUT2D eigenvalue weighted by atomic mass is 16.6. The molecule has 0 amide bonds. The van der Waals surface area contributed by atoms with Crippen LogP contribution in [0.4, 0.5) is 0 Å². The van der Waals surface area contributed by atoms with Gasteiger partial charge < -0.3 is 9.84 Å². The Kier molecular flexibility index (Phi) is 1.17. The summed E-state index contributed by atoms with van der Waals surface area (Å²) in [6.45, 7) is 7.66. The third kappa shape index (κ3) is 0.775. The van der Waals surface area contributed by atoms with E-state index in [1.807, 2.05) is 20.8 Å². The van der Waals surface area contributed by atoms with Crippen LogP contribution in [0.2, 0.25) is 0 Å². The molecule has 1 rings (SSSR count). The number of hydrogen-bond donors (Lipinski definition) is 1. The van der Waals surface area contributed by atoms with Crippen molar-refractivity contribution in [2.24, 2.45) is 0 Å².